The van der Waals surface area contributed by atoms with Crippen molar-refractivity contribution in [3.8, 4) is 11.4 Å². The highest BCUT2D eigenvalue weighted by molar-refractivity contribution is 7.99. The van der Waals surface area contributed by atoms with Gasteiger partial charge in [-0.15, -0.1) is 11.8 Å². The zero-order valence-electron chi connectivity index (χ0n) is 14.4. The van der Waals surface area contributed by atoms with E-state index < -0.39 is 11.7 Å². The SMILES string of the molecule is CCOCn1c(-c2ccccc2SCC)nc2cc(C(F)(F)F)cnc21. The molecule has 0 amide bonds. The standard InChI is InChI=1S/C18H18F3N3OS/c1-3-25-11-24-16(13-7-5-6-8-15(13)26-4-2)23-14-9-12(18(19,20)21)10-22-17(14)24/h5-10H,3-4,11H2,1-2H3. The van der Waals surface area contributed by atoms with E-state index in [1.165, 1.54) is 0 Å². The fourth-order valence-corrected chi connectivity index (χ4v) is 3.41. The monoisotopic (exact) mass is 381 g/mol. The Bertz CT molecular complexity index is 908. The second kappa shape index (κ2) is 7.67. The number of ether oxygens (including phenoxy) is 1. The molecule has 0 aliphatic carbocycles. The van der Waals surface area contributed by atoms with Crippen LogP contribution in [0.2, 0.25) is 0 Å². The highest BCUT2D eigenvalue weighted by atomic mass is 32.2. The summed E-state index contributed by atoms with van der Waals surface area (Å²) >= 11 is 1.65. The first-order valence-corrected chi connectivity index (χ1v) is 9.17. The Labute approximate surface area is 153 Å². The average Bonchev–Trinajstić information content (AvgIpc) is 2.97. The van der Waals surface area contributed by atoms with Crippen LogP contribution in [0, 0.1) is 0 Å². The molecule has 0 bridgehead atoms. The normalized spacial score (nSPS) is 12.0. The summed E-state index contributed by atoms with van der Waals surface area (Å²) < 4.78 is 46.2. The van der Waals surface area contributed by atoms with Gasteiger partial charge in [-0.1, -0.05) is 25.1 Å². The molecule has 0 unspecified atom stereocenters. The molecule has 0 aliphatic rings. The van der Waals surface area contributed by atoms with Crippen LogP contribution in [0.25, 0.3) is 22.6 Å². The lowest BCUT2D eigenvalue weighted by atomic mass is 10.2. The predicted molar refractivity (Wildman–Crippen MR) is 96.0 cm³/mol. The van der Waals surface area contributed by atoms with Gasteiger partial charge >= 0.3 is 6.18 Å². The van der Waals surface area contributed by atoms with E-state index >= 15 is 0 Å². The van der Waals surface area contributed by atoms with E-state index in [1.54, 1.807) is 16.3 Å². The van der Waals surface area contributed by atoms with Gasteiger partial charge in [-0.25, -0.2) is 9.97 Å². The smallest absolute Gasteiger partial charge is 0.361 e. The van der Waals surface area contributed by atoms with Gasteiger partial charge in [0.15, 0.2) is 5.65 Å². The van der Waals surface area contributed by atoms with Crippen LogP contribution in [0.3, 0.4) is 0 Å². The van der Waals surface area contributed by atoms with Crippen molar-refractivity contribution in [3.05, 3.63) is 42.1 Å². The molecule has 3 aromatic rings. The summed E-state index contributed by atoms with van der Waals surface area (Å²) in [7, 11) is 0. The molecule has 0 fully saturated rings. The summed E-state index contributed by atoms with van der Waals surface area (Å²) in [5.74, 6) is 1.43. The number of alkyl halides is 3. The number of halogens is 3. The zero-order valence-corrected chi connectivity index (χ0v) is 15.2. The molecule has 26 heavy (non-hydrogen) atoms. The van der Waals surface area contributed by atoms with Crippen LogP contribution >= 0.6 is 11.8 Å². The van der Waals surface area contributed by atoms with Crippen molar-refractivity contribution < 1.29 is 17.9 Å². The minimum absolute atomic E-state index is 0.172. The van der Waals surface area contributed by atoms with Gasteiger partial charge in [0, 0.05) is 23.3 Å². The quantitative estimate of drug-likeness (QED) is 0.549. The molecule has 4 nitrogen and oxygen atoms in total. The lowest BCUT2D eigenvalue weighted by Crippen LogP contribution is -2.07. The van der Waals surface area contributed by atoms with Gasteiger partial charge in [-0.3, -0.25) is 4.57 Å². The maximum absolute atomic E-state index is 13.0. The molecule has 1 aromatic carbocycles. The van der Waals surface area contributed by atoms with Gasteiger partial charge in [-0.2, -0.15) is 13.2 Å². The topological polar surface area (TPSA) is 39.9 Å². The van der Waals surface area contributed by atoms with Crippen LogP contribution in [0.1, 0.15) is 19.4 Å². The van der Waals surface area contributed by atoms with Gasteiger partial charge in [-0.05, 0) is 24.8 Å². The van der Waals surface area contributed by atoms with E-state index in [0.29, 0.717) is 18.1 Å². The summed E-state index contributed by atoms with van der Waals surface area (Å²) in [6, 6.07) is 8.73. The Morgan fingerprint density at radius 2 is 1.96 bits per heavy atom. The van der Waals surface area contributed by atoms with E-state index in [9.17, 15) is 13.2 Å². The number of aromatic nitrogens is 3. The maximum atomic E-state index is 13.0. The zero-order chi connectivity index (χ0) is 18.7. The minimum Gasteiger partial charge on any atom is -0.361 e. The van der Waals surface area contributed by atoms with Crippen molar-refractivity contribution >= 4 is 22.9 Å². The molecule has 3 rings (SSSR count). The molecule has 0 N–H and O–H groups in total. The third-order valence-electron chi connectivity index (χ3n) is 3.76. The van der Waals surface area contributed by atoms with Crippen LogP contribution in [0.5, 0.6) is 0 Å². The second-order valence-electron chi connectivity index (χ2n) is 5.48. The fraction of sp³-hybridized carbons (Fsp3) is 0.333. The third-order valence-corrected chi connectivity index (χ3v) is 4.72. The summed E-state index contributed by atoms with van der Waals surface area (Å²) in [6.07, 6.45) is -3.62. The fourth-order valence-electron chi connectivity index (χ4n) is 2.61. The molecule has 0 radical (unpaired) electrons. The van der Waals surface area contributed by atoms with Crippen molar-refractivity contribution in [1.29, 1.82) is 0 Å². The van der Waals surface area contributed by atoms with Gasteiger partial charge in [0.1, 0.15) is 18.1 Å². The van der Waals surface area contributed by atoms with Gasteiger partial charge in [0.25, 0.3) is 0 Å². The van der Waals surface area contributed by atoms with Gasteiger partial charge < -0.3 is 4.74 Å². The third kappa shape index (κ3) is 3.71. The summed E-state index contributed by atoms with van der Waals surface area (Å²) in [5, 5.41) is 0. The molecule has 0 spiro atoms. The Kier molecular flexibility index (Phi) is 5.52. The number of hydrogen-bond acceptors (Lipinski definition) is 4. The second-order valence-corrected chi connectivity index (χ2v) is 6.78. The average molecular weight is 381 g/mol. The first-order valence-electron chi connectivity index (χ1n) is 8.19. The number of imidazole rings is 1. The number of pyridine rings is 1. The maximum Gasteiger partial charge on any atom is 0.417 e. The number of benzene rings is 1. The molecule has 8 heteroatoms. The summed E-state index contributed by atoms with van der Waals surface area (Å²) in [5.41, 5.74) is 0.614. The van der Waals surface area contributed by atoms with Crippen LogP contribution in [-0.2, 0) is 17.6 Å². The number of rotatable bonds is 6. The number of nitrogens with zero attached hydrogens (tertiary/aromatic N) is 3. The molecule has 0 atom stereocenters. The molecule has 0 aliphatic heterocycles. The van der Waals surface area contributed by atoms with E-state index in [2.05, 4.69) is 9.97 Å². The molecule has 138 valence electrons. The van der Waals surface area contributed by atoms with Crippen molar-refractivity contribution in [2.45, 2.75) is 31.7 Å². The van der Waals surface area contributed by atoms with E-state index in [1.807, 2.05) is 38.1 Å². The van der Waals surface area contributed by atoms with Gasteiger partial charge in [0.05, 0.1) is 5.56 Å². The van der Waals surface area contributed by atoms with Crippen LogP contribution in [0.4, 0.5) is 13.2 Å². The summed E-state index contributed by atoms with van der Waals surface area (Å²) in [6.45, 7) is 4.55. The molecule has 2 aromatic heterocycles. The Balaban J connectivity index is 2.20. The highest BCUT2D eigenvalue weighted by Crippen LogP contribution is 2.34. The Hall–Kier alpha value is -2.06. The Morgan fingerprint density at radius 1 is 1.19 bits per heavy atom. The summed E-state index contributed by atoms with van der Waals surface area (Å²) in [4.78, 5) is 9.49. The molecular formula is C18H18F3N3OS. The lowest BCUT2D eigenvalue weighted by Gasteiger charge is -2.11. The number of hydrogen-bond donors (Lipinski definition) is 0. The van der Waals surface area contributed by atoms with Gasteiger partial charge in [0.2, 0.25) is 0 Å². The van der Waals surface area contributed by atoms with Crippen molar-refractivity contribution in [1.82, 2.24) is 14.5 Å². The highest BCUT2D eigenvalue weighted by Gasteiger charge is 2.32. The molecule has 2 heterocycles. The predicted octanol–water partition coefficient (Wildman–Crippen LogP) is 5.22. The van der Waals surface area contributed by atoms with E-state index in [0.717, 1.165) is 28.5 Å². The molecular weight excluding hydrogens is 363 g/mol. The van der Waals surface area contributed by atoms with E-state index in [4.69, 9.17) is 4.74 Å². The minimum atomic E-state index is -4.46. The van der Waals surface area contributed by atoms with Crippen molar-refractivity contribution in [3.63, 3.8) is 0 Å². The van der Waals surface area contributed by atoms with Crippen LogP contribution < -0.4 is 0 Å². The largest absolute Gasteiger partial charge is 0.417 e. The van der Waals surface area contributed by atoms with Crippen molar-refractivity contribution in [2.75, 3.05) is 12.4 Å². The lowest BCUT2D eigenvalue weighted by molar-refractivity contribution is -0.137. The first kappa shape index (κ1) is 18.7. The molecule has 0 saturated carbocycles. The van der Waals surface area contributed by atoms with Crippen LogP contribution in [-0.4, -0.2) is 26.9 Å². The Morgan fingerprint density at radius 3 is 2.65 bits per heavy atom. The molecule has 0 saturated heterocycles. The first-order chi connectivity index (χ1) is 12.5. The van der Waals surface area contributed by atoms with Crippen LogP contribution in [0.15, 0.2) is 41.4 Å². The number of fused-ring (bicyclic) bond motifs is 1. The van der Waals surface area contributed by atoms with E-state index in [-0.39, 0.29) is 12.2 Å². The van der Waals surface area contributed by atoms with Crippen molar-refractivity contribution in [2.24, 2.45) is 0 Å². The number of thioether (sulfide) groups is 1.